The summed E-state index contributed by atoms with van der Waals surface area (Å²) in [4.78, 5) is 11.9. The maximum atomic E-state index is 11.9. The molecule has 1 amide bonds. The number of aliphatic hydroxyl groups is 1. The van der Waals surface area contributed by atoms with Crippen molar-refractivity contribution in [3.63, 3.8) is 0 Å². The Hall–Kier alpha value is -3.18. The molecular weight excluding hydrogens is 304 g/mol. The fraction of sp³-hybridized carbons (Fsp3) is 0.0526. The number of phenolic OH excluding ortho intramolecular Hbond substituents is 1. The molecule has 0 aliphatic carbocycles. The van der Waals surface area contributed by atoms with Gasteiger partial charge in [-0.2, -0.15) is 5.10 Å². The number of carbonyl (C=O) groups is 1. The third-order valence-electron chi connectivity index (χ3n) is 3.67. The normalized spacial score (nSPS) is 12.4. The molecule has 1 atom stereocenters. The quantitative estimate of drug-likeness (QED) is 0.510. The zero-order valence-electron chi connectivity index (χ0n) is 12.8. The van der Waals surface area contributed by atoms with Crippen LogP contribution in [0.15, 0.2) is 71.8 Å². The third kappa shape index (κ3) is 3.26. The van der Waals surface area contributed by atoms with Crippen molar-refractivity contribution in [1.29, 1.82) is 0 Å². The molecule has 3 aromatic carbocycles. The molecule has 0 aliphatic rings. The van der Waals surface area contributed by atoms with Crippen LogP contribution >= 0.6 is 0 Å². The molecule has 0 bridgehead atoms. The second-order valence-electron chi connectivity index (χ2n) is 5.27. The van der Waals surface area contributed by atoms with Gasteiger partial charge in [-0.1, -0.05) is 60.7 Å². The van der Waals surface area contributed by atoms with Gasteiger partial charge in [0, 0.05) is 10.9 Å². The van der Waals surface area contributed by atoms with Gasteiger partial charge in [0.25, 0.3) is 5.91 Å². The summed E-state index contributed by atoms with van der Waals surface area (Å²) in [5.41, 5.74) is 3.23. The predicted molar refractivity (Wildman–Crippen MR) is 92.8 cm³/mol. The third-order valence-corrected chi connectivity index (χ3v) is 3.67. The van der Waals surface area contributed by atoms with E-state index in [4.69, 9.17) is 0 Å². The number of hydrazone groups is 1. The molecule has 0 aromatic heterocycles. The maximum absolute atomic E-state index is 11.9. The Morgan fingerprint density at radius 3 is 2.50 bits per heavy atom. The summed E-state index contributed by atoms with van der Waals surface area (Å²) in [6.07, 6.45) is 0.0470. The first-order valence-corrected chi connectivity index (χ1v) is 7.43. The van der Waals surface area contributed by atoms with Crippen LogP contribution < -0.4 is 5.43 Å². The minimum Gasteiger partial charge on any atom is -0.507 e. The Kier molecular flexibility index (Phi) is 4.54. The van der Waals surface area contributed by atoms with Crippen molar-refractivity contribution >= 4 is 22.9 Å². The van der Waals surface area contributed by atoms with Gasteiger partial charge in [-0.15, -0.1) is 0 Å². The number of fused-ring (bicyclic) bond motifs is 1. The Morgan fingerprint density at radius 2 is 1.71 bits per heavy atom. The topological polar surface area (TPSA) is 81.9 Å². The number of hydrogen-bond donors (Lipinski definition) is 3. The molecule has 0 radical (unpaired) electrons. The molecule has 0 saturated carbocycles. The number of nitrogens with one attached hydrogen (secondary N) is 1. The van der Waals surface area contributed by atoms with Gasteiger partial charge in [-0.3, -0.25) is 4.79 Å². The van der Waals surface area contributed by atoms with E-state index in [1.54, 1.807) is 42.5 Å². The van der Waals surface area contributed by atoms with Gasteiger partial charge < -0.3 is 10.2 Å². The molecule has 120 valence electrons. The van der Waals surface area contributed by atoms with E-state index in [-0.39, 0.29) is 5.75 Å². The van der Waals surface area contributed by atoms with Crippen molar-refractivity contribution in [3.8, 4) is 5.75 Å². The average Bonchev–Trinajstić information content (AvgIpc) is 2.64. The van der Waals surface area contributed by atoms with Gasteiger partial charge in [0.05, 0.1) is 6.21 Å². The van der Waals surface area contributed by atoms with E-state index in [0.717, 1.165) is 5.39 Å². The predicted octanol–water partition coefficient (Wildman–Crippen LogP) is 2.73. The Morgan fingerprint density at radius 1 is 1.00 bits per heavy atom. The van der Waals surface area contributed by atoms with Crippen LogP contribution in [0.1, 0.15) is 17.2 Å². The molecule has 24 heavy (non-hydrogen) atoms. The lowest BCUT2D eigenvalue weighted by Crippen LogP contribution is -2.25. The van der Waals surface area contributed by atoms with E-state index >= 15 is 0 Å². The summed E-state index contributed by atoms with van der Waals surface area (Å²) in [6.45, 7) is 0. The number of aliphatic hydroxyl groups excluding tert-OH is 1. The van der Waals surface area contributed by atoms with Crippen molar-refractivity contribution in [1.82, 2.24) is 5.43 Å². The highest BCUT2D eigenvalue weighted by Gasteiger charge is 2.16. The van der Waals surface area contributed by atoms with Gasteiger partial charge in [-0.25, -0.2) is 5.43 Å². The lowest BCUT2D eigenvalue weighted by molar-refractivity contribution is -0.129. The summed E-state index contributed by atoms with van der Waals surface area (Å²) in [5, 5.41) is 25.6. The fourth-order valence-electron chi connectivity index (χ4n) is 2.39. The highest BCUT2D eigenvalue weighted by molar-refractivity contribution is 5.97. The van der Waals surface area contributed by atoms with E-state index in [9.17, 15) is 15.0 Å². The number of nitrogens with zero attached hydrogens (tertiary/aromatic N) is 1. The van der Waals surface area contributed by atoms with E-state index in [1.165, 1.54) is 6.21 Å². The molecule has 5 heteroatoms. The molecule has 0 fully saturated rings. The van der Waals surface area contributed by atoms with Crippen LogP contribution in [0.25, 0.3) is 10.8 Å². The Labute approximate surface area is 138 Å². The number of hydrogen-bond acceptors (Lipinski definition) is 4. The standard InChI is InChI=1S/C19H16N2O3/c22-17-15(11-10-13-6-4-5-9-16(13)17)12-20-21-19(24)18(23)14-7-2-1-3-8-14/h1-12,18,22-23H,(H,21,24). The van der Waals surface area contributed by atoms with Crippen LogP contribution in [-0.4, -0.2) is 22.3 Å². The second-order valence-corrected chi connectivity index (χ2v) is 5.27. The molecule has 5 nitrogen and oxygen atoms in total. The Balaban J connectivity index is 1.72. The van der Waals surface area contributed by atoms with Crippen LogP contribution in [-0.2, 0) is 4.79 Å². The van der Waals surface area contributed by atoms with Gasteiger partial charge >= 0.3 is 0 Å². The van der Waals surface area contributed by atoms with Crippen molar-refractivity contribution in [3.05, 3.63) is 77.9 Å². The van der Waals surface area contributed by atoms with Crippen LogP contribution in [0.3, 0.4) is 0 Å². The molecule has 1 unspecified atom stereocenters. The first-order chi connectivity index (χ1) is 11.7. The van der Waals surface area contributed by atoms with Crippen LogP contribution in [0, 0.1) is 0 Å². The molecular formula is C19H16N2O3. The minimum atomic E-state index is -1.30. The summed E-state index contributed by atoms with van der Waals surface area (Å²) in [5.74, 6) is -0.549. The lowest BCUT2D eigenvalue weighted by Gasteiger charge is -2.08. The number of carbonyl (C=O) groups excluding carboxylic acids is 1. The molecule has 3 aromatic rings. The largest absolute Gasteiger partial charge is 0.507 e. The van der Waals surface area contributed by atoms with Crippen molar-refractivity contribution < 1.29 is 15.0 Å². The molecule has 0 aliphatic heterocycles. The number of rotatable bonds is 4. The first-order valence-electron chi connectivity index (χ1n) is 7.43. The molecule has 3 N–H and O–H groups in total. The van der Waals surface area contributed by atoms with Gasteiger partial charge in [0.1, 0.15) is 5.75 Å². The second kappa shape index (κ2) is 6.93. The maximum Gasteiger partial charge on any atom is 0.273 e. The number of aromatic hydroxyl groups is 1. The van der Waals surface area contributed by atoms with Crippen LogP contribution in [0.4, 0.5) is 0 Å². The van der Waals surface area contributed by atoms with Gasteiger partial charge in [0.2, 0.25) is 0 Å². The fourth-order valence-corrected chi connectivity index (χ4v) is 2.39. The van der Waals surface area contributed by atoms with Crippen molar-refractivity contribution in [2.24, 2.45) is 5.10 Å². The van der Waals surface area contributed by atoms with E-state index < -0.39 is 12.0 Å². The molecule has 3 rings (SSSR count). The van der Waals surface area contributed by atoms with E-state index in [0.29, 0.717) is 16.5 Å². The Bertz CT molecular complexity index is 892. The smallest absolute Gasteiger partial charge is 0.273 e. The van der Waals surface area contributed by atoms with Crippen LogP contribution in [0.5, 0.6) is 5.75 Å². The van der Waals surface area contributed by atoms with Gasteiger partial charge in [0.15, 0.2) is 6.10 Å². The van der Waals surface area contributed by atoms with E-state index in [2.05, 4.69) is 10.5 Å². The average molecular weight is 320 g/mol. The van der Waals surface area contributed by atoms with Crippen LogP contribution in [0.2, 0.25) is 0 Å². The number of benzene rings is 3. The number of phenols is 1. The summed E-state index contributed by atoms with van der Waals surface area (Å²) in [6, 6.07) is 19.6. The lowest BCUT2D eigenvalue weighted by atomic mass is 10.1. The minimum absolute atomic E-state index is 0.0923. The van der Waals surface area contributed by atoms with Crippen molar-refractivity contribution in [2.45, 2.75) is 6.10 Å². The highest BCUT2D eigenvalue weighted by Crippen LogP contribution is 2.27. The van der Waals surface area contributed by atoms with E-state index in [1.807, 2.05) is 24.3 Å². The summed E-state index contributed by atoms with van der Waals surface area (Å²) < 4.78 is 0. The zero-order chi connectivity index (χ0) is 16.9. The monoisotopic (exact) mass is 320 g/mol. The zero-order valence-corrected chi connectivity index (χ0v) is 12.8. The highest BCUT2D eigenvalue weighted by atomic mass is 16.3. The summed E-state index contributed by atoms with van der Waals surface area (Å²) >= 11 is 0. The summed E-state index contributed by atoms with van der Waals surface area (Å²) in [7, 11) is 0. The van der Waals surface area contributed by atoms with Gasteiger partial charge in [-0.05, 0) is 17.0 Å². The number of amides is 1. The molecule has 0 saturated heterocycles. The van der Waals surface area contributed by atoms with Crippen molar-refractivity contribution in [2.75, 3.05) is 0 Å². The molecule has 0 spiro atoms. The SMILES string of the molecule is O=C(NN=Cc1ccc2ccccc2c1O)C(O)c1ccccc1. The molecule has 0 heterocycles. The first kappa shape index (κ1) is 15.7.